The van der Waals surface area contributed by atoms with Gasteiger partial charge in [-0.1, -0.05) is 23.7 Å². The molecule has 0 spiro atoms. The molecular formula is C12H12ClF2NO3. The van der Waals surface area contributed by atoms with E-state index in [0.29, 0.717) is 0 Å². The summed E-state index contributed by atoms with van der Waals surface area (Å²) in [6.07, 6.45) is -0.101. The van der Waals surface area contributed by atoms with Crippen molar-refractivity contribution >= 4 is 23.5 Å². The smallest absolute Gasteiger partial charge is 0.349 e. The van der Waals surface area contributed by atoms with Gasteiger partial charge in [-0.05, 0) is 18.6 Å². The molecule has 0 aliphatic carbocycles. The van der Waals surface area contributed by atoms with Crippen molar-refractivity contribution in [1.82, 2.24) is 5.32 Å². The van der Waals surface area contributed by atoms with Crippen LogP contribution in [-0.4, -0.2) is 23.5 Å². The van der Waals surface area contributed by atoms with Gasteiger partial charge < -0.3 is 10.4 Å². The second-order valence-corrected chi connectivity index (χ2v) is 4.27. The number of rotatable bonds is 6. The summed E-state index contributed by atoms with van der Waals surface area (Å²) in [5.41, 5.74) is -0.504. The molecule has 4 nitrogen and oxygen atoms in total. The molecule has 1 aromatic rings. The summed E-state index contributed by atoms with van der Waals surface area (Å²) >= 11 is 5.59. The molecule has 19 heavy (non-hydrogen) atoms. The minimum absolute atomic E-state index is 0.0900. The van der Waals surface area contributed by atoms with E-state index in [4.69, 9.17) is 16.7 Å². The Balaban J connectivity index is 2.61. The van der Waals surface area contributed by atoms with Crippen molar-refractivity contribution in [3.05, 3.63) is 34.9 Å². The van der Waals surface area contributed by atoms with Gasteiger partial charge in [0, 0.05) is 23.6 Å². The first-order valence-corrected chi connectivity index (χ1v) is 5.86. The van der Waals surface area contributed by atoms with Crippen LogP contribution in [0.1, 0.15) is 18.4 Å². The zero-order chi connectivity index (χ0) is 14.5. The number of carboxylic acids is 1. The van der Waals surface area contributed by atoms with Crippen LogP contribution in [0, 0.1) is 0 Å². The van der Waals surface area contributed by atoms with Crippen molar-refractivity contribution in [2.75, 3.05) is 6.54 Å². The number of alkyl halides is 2. The van der Waals surface area contributed by atoms with Crippen LogP contribution < -0.4 is 5.32 Å². The van der Waals surface area contributed by atoms with Gasteiger partial charge in [0.2, 0.25) is 0 Å². The van der Waals surface area contributed by atoms with Crippen LogP contribution in [-0.2, 0) is 15.5 Å². The molecule has 7 heteroatoms. The largest absolute Gasteiger partial charge is 0.481 e. The number of carbonyl (C=O) groups is 2. The quantitative estimate of drug-likeness (QED) is 0.791. The van der Waals surface area contributed by atoms with E-state index in [0.717, 1.165) is 12.1 Å². The van der Waals surface area contributed by atoms with Gasteiger partial charge in [0.1, 0.15) is 0 Å². The van der Waals surface area contributed by atoms with Crippen LogP contribution >= 0.6 is 11.6 Å². The highest BCUT2D eigenvalue weighted by atomic mass is 35.5. The third-order valence-electron chi connectivity index (χ3n) is 2.33. The van der Waals surface area contributed by atoms with Crippen LogP contribution in [0.15, 0.2) is 24.3 Å². The van der Waals surface area contributed by atoms with Crippen LogP contribution in [0.5, 0.6) is 0 Å². The number of amides is 1. The van der Waals surface area contributed by atoms with E-state index in [2.05, 4.69) is 0 Å². The first-order valence-electron chi connectivity index (χ1n) is 5.48. The van der Waals surface area contributed by atoms with Crippen molar-refractivity contribution in [2.45, 2.75) is 18.8 Å². The van der Waals surface area contributed by atoms with Crippen molar-refractivity contribution in [3.63, 3.8) is 0 Å². The Labute approximate surface area is 113 Å². The number of carbonyl (C=O) groups excluding carboxylic acids is 1. The summed E-state index contributed by atoms with van der Waals surface area (Å²) in [4.78, 5) is 21.6. The summed E-state index contributed by atoms with van der Waals surface area (Å²) in [6.45, 7) is -0.124. The van der Waals surface area contributed by atoms with Crippen molar-refractivity contribution in [2.24, 2.45) is 0 Å². The van der Waals surface area contributed by atoms with Gasteiger partial charge in [0.25, 0.3) is 5.91 Å². The minimum Gasteiger partial charge on any atom is -0.481 e. The predicted octanol–water partition coefficient (Wildman–Crippen LogP) is 2.41. The van der Waals surface area contributed by atoms with Gasteiger partial charge >= 0.3 is 11.9 Å². The Kier molecular flexibility index (Phi) is 5.23. The fourth-order valence-corrected chi connectivity index (χ4v) is 1.56. The summed E-state index contributed by atoms with van der Waals surface area (Å²) < 4.78 is 27.5. The lowest BCUT2D eigenvalue weighted by molar-refractivity contribution is -0.147. The normalized spacial score (nSPS) is 11.1. The van der Waals surface area contributed by atoms with E-state index in [-0.39, 0.29) is 24.4 Å². The standard InChI is InChI=1S/C12H12ClF2NO3/c13-9-4-1-3-8(7-9)12(14,15)11(19)16-6-2-5-10(17)18/h1,3-4,7H,2,5-6H2,(H,16,19)(H,17,18). The Morgan fingerprint density at radius 3 is 2.63 bits per heavy atom. The maximum Gasteiger partial charge on any atom is 0.349 e. The third-order valence-corrected chi connectivity index (χ3v) is 2.56. The van der Waals surface area contributed by atoms with E-state index < -0.39 is 23.4 Å². The highest BCUT2D eigenvalue weighted by Crippen LogP contribution is 2.29. The topological polar surface area (TPSA) is 66.4 Å². The molecule has 1 rings (SSSR count). The first kappa shape index (κ1) is 15.4. The number of nitrogens with one attached hydrogen (secondary N) is 1. The van der Waals surface area contributed by atoms with Crippen LogP contribution in [0.3, 0.4) is 0 Å². The van der Waals surface area contributed by atoms with Gasteiger partial charge in [-0.15, -0.1) is 0 Å². The maximum absolute atomic E-state index is 13.7. The molecule has 0 aromatic heterocycles. The van der Waals surface area contributed by atoms with Crippen LogP contribution in [0.25, 0.3) is 0 Å². The van der Waals surface area contributed by atoms with Crippen LogP contribution in [0.2, 0.25) is 5.02 Å². The molecule has 0 bridgehead atoms. The Morgan fingerprint density at radius 2 is 2.05 bits per heavy atom. The second-order valence-electron chi connectivity index (χ2n) is 3.84. The number of carboxylic acid groups (broad SMARTS) is 1. The molecule has 104 valence electrons. The number of hydrogen-bond acceptors (Lipinski definition) is 2. The van der Waals surface area contributed by atoms with E-state index in [1.54, 1.807) is 0 Å². The lowest BCUT2D eigenvalue weighted by Crippen LogP contribution is -2.38. The average molecular weight is 292 g/mol. The van der Waals surface area contributed by atoms with Gasteiger partial charge in [-0.25, -0.2) is 0 Å². The molecule has 0 fully saturated rings. The second kappa shape index (κ2) is 6.47. The molecule has 0 saturated heterocycles. The fourth-order valence-electron chi connectivity index (χ4n) is 1.37. The summed E-state index contributed by atoms with van der Waals surface area (Å²) in [5.74, 6) is -6.22. The molecule has 0 atom stereocenters. The third kappa shape index (κ3) is 4.48. The Hall–Kier alpha value is -1.69. The maximum atomic E-state index is 13.7. The Bertz CT molecular complexity index is 480. The molecule has 0 saturated carbocycles. The minimum atomic E-state index is -3.70. The van der Waals surface area contributed by atoms with E-state index in [1.807, 2.05) is 5.32 Å². The monoisotopic (exact) mass is 291 g/mol. The molecular weight excluding hydrogens is 280 g/mol. The molecule has 0 aliphatic rings. The van der Waals surface area contributed by atoms with Crippen LogP contribution in [0.4, 0.5) is 8.78 Å². The highest BCUT2D eigenvalue weighted by Gasteiger charge is 2.40. The van der Waals surface area contributed by atoms with Gasteiger partial charge in [-0.3, -0.25) is 9.59 Å². The SMILES string of the molecule is O=C(O)CCCNC(=O)C(F)(F)c1cccc(Cl)c1. The summed E-state index contributed by atoms with van der Waals surface area (Å²) in [6, 6.07) is 4.86. The van der Waals surface area contributed by atoms with Gasteiger partial charge in [-0.2, -0.15) is 8.78 Å². The number of aliphatic carboxylic acids is 1. The molecule has 0 radical (unpaired) electrons. The Morgan fingerprint density at radius 1 is 1.37 bits per heavy atom. The van der Waals surface area contributed by atoms with Gasteiger partial charge in [0.15, 0.2) is 0 Å². The summed E-state index contributed by atoms with van der Waals surface area (Å²) in [7, 11) is 0. The van der Waals surface area contributed by atoms with E-state index in [9.17, 15) is 18.4 Å². The van der Waals surface area contributed by atoms with Crippen molar-refractivity contribution in [1.29, 1.82) is 0 Å². The first-order chi connectivity index (χ1) is 8.84. The van der Waals surface area contributed by atoms with Gasteiger partial charge in [0.05, 0.1) is 0 Å². The van der Waals surface area contributed by atoms with E-state index in [1.165, 1.54) is 12.1 Å². The predicted molar refractivity (Wildman–Crippen MR) is 65.2 cm³/mol. The molecule has 2 N–H and O–H groups in total. The zero-order valence-electron chi connectivity index (χ0n) is 9.83. The molecule has 0 aliphatic heterocycles. The lowest BCUT2D eigenvalue weighted by Gasteiger charge is -2.16. The van der Waals surface area contributed by atoms with Crippen molar-refractivity contribution in [3.8, 4) is 0 Å². The fraction of sp³-hybridized carbons (Fsp3) is 0.333. The van der Waals surface area contributed by atoms with E-state index >= 15 is 0 Å². The number of halogens is 3. The molecule has 1 aromatic carbocycles. The number of benzene rings is 1. The average Bonchev–Trinajstić information content (AvgIpc) is 2.34. The molecule has 0 unspecified atom stereocenters. The molecule has 0 heterocycles. The zero-order valence-corrected chi connectivity index (χ0v) is 10.6. The number of hydrogen-bond donors (Lipinski definition) is 2. The highest BCUT2D eigenvalue weighted by molar-refractivity contribution is 6.30. The molecule has 1 amide bonds. The lowest BCUT2D eigenvalue weighted by atomic mass is 10.1. The summed E-state index contributed by atoms with van der Waals surface area (Å²) in [5, 5.41) is 10.5. The van der Waals surface area contributed by atoms with Crippen molar-refractivity contribution < 1.29 is 23.5 Å².